The van der Waals surface area contributed by atoms with Crippen LogP contribution >= 0.6 is 0 Å². The Morgan fingerprint density at radius 2 is 2.12 bits per heavy atom. The monoisotopic (exact) mass is 218 g/mol. The zero-order valence-corrected chi connectivity index (χ0v) is 9.69. The molecule has 2 aromatic heterocycles. The zero-order valence-electron chi connectivity index (χ0n) is 9.69. The highest BCUT2D eigenvalue weighted by atomic mass is 15.1. The second-order valence-corrected chi connectivity index (χ2v) is 3.94. The van der Waals surface area contributed by atoms with E-state index in [9.17, 15) is 0 Å². The minimum atomic E-state index is 0.848. The maximum atomic E-state index is 4.33. The number of hydrogen-bond acceptors (Lipinski definition) is 2. The first kappa shape index (κ1) is 10.9. The summed E-state index contributed by atoms with van der Waals surface area (Å²) < 4.78 is 2.16. The second-order valence-electron chi connectivity index (χ2n) is 3.94. The molecule has 2 heterocycles. The normalized spacial score (nSPS) is 10.8. The van der Waals surface area contributed by atoms with Crippen LogP contribution in [0.3, 0.4) is 0 Å². The summed E-state index contributed by atoms with van der Waals surface area (Å²) in [6, 6.07) is 0. The molecule has 86 valence electrons. The molecule has 0 saturated heterocycles. The largest absolute Gasteiger partial charge is 0.342 e. The maximum Gasteiger partial charge on any atom is 0.176 e. The van der Waals surface area contributed by atoms with E-state index in [4.69, 9.17) is 0 Å². The van der Waals surface area contributed by atoms with Crippen molar-refractivity contribution in [2.24, 2.45) is 0 Å². The molecule has 4 heteroatoms. The maximum absolute atomic E-state index is 4.33. The lowest BCUT2D eigenvalue weighted by Crippen LogP contribution is -2.00. The van der Waals surface area contributed by atoms with Crippen LogP contribution in [-0.4, -0.2) is 19.5 Å². The summed E-state index contributed by atoms with van der Waals surface area (Å²) in [7, 11) is 0. The lowest BCUT2D eigenvalue weighted by atomic mass is 10.2. The van der Waals surface area contributed by atoms with Crippen molar-refractivity contribution in [3.63, 3.8) is 0 Å². The Morgan fingerprint density at radius 1 is 1.19 bits per heavy atom. The van der Waals surface area contributed by atoms with Gasteiger partial charge in [-0.2, -0.15) is 0 Å². The number of hydrogen-bond donors (Lipinski definition) is 1. The lowest BCUT2D eigenvalue weighted by Gasteiger charge is -2.05. The summed E-state index contributed by atoms with van der Waals surface area (Å²) >= 11 is 0. The van der Waals surface area contributed by atoms with E-state index in [1.54, 1.807) is 6.20 Å². The highest BCUT2D eigenvalue weighted by molar-refractivity contribution is 5.43. The number of aromatic amines is 1. The molecule has 0 radical (unpaired) electrons. The third kappa shape index (κ3) is 2.51. The highest BCUT2D eigenvalue weighted by Crippen LogP contribution is 2.13. The fourth-order valence-corrected chi connectivity index (χ4v) is 1.80. The molecule has 2 aromatic rings. The first-order valence-electron chi connectivity index (χ1n) is 5.92. The molecular weight excluding hydrogens is 200 g/mol. The Hall–Kier alpha value is -1.58. The molecule has 1 N–H and O–H groups in total. The number of unbranched alkanes of at least 4 members (excludes halogenated alkanes) is 3. The SMILES string of the molecule is CCCCCCn1ccnc1-c1ncc[nH]1. The van der Waals surface area contributed by atoms with Crippen molar-refractivity contribution in [1.82, 2.24) is 19.5 Å². The number of H-pyrrole nitrogens is 1. The lowest BCUT2D eigenvalue weighted by molar-refractivity contribution is 0.585. The van der Waals surface area contributed by atoms with Crippen LogP contribution < -0.4 is 0 Å². The smallest absolute Gasteiger partial charge is 0.176 e. The van der Waals surface area contributed by atoms with Crippen LogP contribution in [0.2, 0.25) is 0 Å². The minimum absolute atomic E-state index is 0.848. The van der Waals surface area contributed by atoms with Crippen molar-refractivity contribution in [1.29, 1.82) is 0 Å². The van der Waals surface area contributed by atoms with Crippen LogP contribution in [0.4, 0.5) is 0 Å². The van der Waals surface area contributed by atoms with Gasteiger partial charge in [-0.3, -0.25) is 0 Å². The molecule has 0 aliphatic heterocycles. The van der Waals surface area contributed by atoms with Gasteiger partial charge in [0.1, 0.15) is 0 Å². The molecule has 0 fully saturated rings. The number of imidazole rings is 2. The molecule has 0 bridgehead atoms. The van der Waals surface area contributed by atoms with Gasteiger partial charge in [0, 0.05) is 31.3 Å². The van der Waals surface area contributed by atoms with Gasteiger partial charge in [0.05, 0.1) is 0 Å². The predicted octanol–water partition coefficient (Wildman–Crippen LogP) is 2.85. The Bertz CT molecular complexity index is 402. The molecule has 0 spiro atoms. The van der Waals surface area contributed by atoms with E-state index in [-0.39, 0.29) is 0 Å². The van der Waals surface area contributed by atoms with Crippen molar-refractivity contribution >= 4 is 0 Å². The average Bonchev–Trinajstić information content (AvgIpc) is 2.94. The number of rotatable bonds is 6. The Morgan fingerprint density at radius 3 is 2.88 bits per heavy atom. The molecule has 0 unspecified atom stereocenters. The number of nitrogens with one attached hydrogen (secondary N) is 1. The van der Waals surface area contributed by atoms with Crippen molar-refractivity contribution in [3.8, 4) is 11.6 Å². The molecule has 0 amide bonds. The molecule has 4 nitrogen and oxygen atoms in total. The predicted molar refractivity (Wildman–Crippen MR) is 64.0 cm³/mol. The van der Waals surface area contributed by atoms with Crippen LogP contribution in [-0.2, 0) is 6.54 Å². The van der Waals surface area contributed by atoms with Gasteiger partial charge in [0.25, 0.3) is 0 Å². The second kappa shape index (κ2) is 5.49. The Balaban J connectivity index is 1.97. The number of aromatic nitrogens is 4. The average molecular weight is 218 g/mol. The van der Waals surface area contributed by atoms with Crippen molar-refractivity contribution < 1.29 is 0 Å². The molecule has 16 heavy (non-hydrogen) atoms. The first-order chi connectivity index (χ1) is 7.92. The van der Waals surface area contributed by atoms with Crippen LogP contribution in [0.25, 0.3) is 11.6 Å². The summed E-state index contributed by atoms with van der Waals surface area (Å²) in [4.78, 5) is 11.6. The van der Waals surface area contributed by atoms with Gasteiger partial charge < -0.3 is 9.55 Å². The summed E-state index contributed by atoms with van der Waals surface area (Å²) in [5, 5.41) is 0. The van der Waals surface area contributed by atoms with E-state index < -0.39 is 0 Å². The molecular formula is C12H18N4. The van der Waals surface area contributed by atoms with E-state index in [2.05, 4.69) is 26.4 Å². The molecule has 0 aromatic carbocycles. The van der Waals surface area contributed by atoms with Gasteiger partial charge in [-0.25, -0.2) is 9.97 Å². The quantitative estimate of drug-likeness (QED) is 0.758. The molecule has 2 rings (SSSR count). The van der Waals surface area contributed by atoms with E-state index in [0.29, 0.717) is 0 Å². The van der Waals surface area contributed by atoms with Crippen LogP contribution in [0.15, 0.2) is 24.8 Å². The molecule has 0 aliphatic rings. The summed E-state index contributed by atoms with van der Waals surface area (Å²) in [5.74, 6) is 1.78. The molecule has 0 atom stereocenters. The van der Waals surface area contributed by atoms with Gasteiger partial charge in [0.2, 0.25) is 0 Å². The molecule has 0 aliphatic carbocycles. The summed E-state index contributed by atoms with van der Waals surface area (Å²) in [6.07, 6.45) is 12.5. The van der Waals surface area contributed by atoms with Crippen molar-refractivity contribution in [3.05, 3.63) is 24.8 Å². The van der Waals surface area contributed by atoms with E-state index in [1.165, 1.54) is 25.7 Å². The van der Waals surface area contributed by atoms with Gasteiger partial charge >= 0.3 is 0 Å². The van der Waals surface area contributed by atoms with Gasteiger partial charge in [-0.15, -0.1) is 0 Å². The van der Waals surface area contributed by atoms with Gasteiger partial charge in [-0.05, 0) is 6.42 Å². The van der Waals surface area contributed by atoms with E-state index in [1.807, 2.05) is 18.6 Å². The van der Waals surface area contributed by atoms with E-state index >= 15 is 0 Å². The number of aryl methyl sites for hydroxylation is 1. The fourth-order valence-electron chi connectivity index (χ4n) is 1.80. The van der Waals surface area contributed by atoms with Crippen molar-refractivity contribution in [2.45, 2.75) is 39.2 Å². The van der Waals surface area contributed by atoms with Crippen LogP contribution in [0.5, 0.6) is 0 Å². The van der Waals surface area contributed by atoms with Crippen LogP contribution in [0, 0.1) is 0 Å². The third-order valence-corrected chi connectivity index (χ3v) is 2.68. The summed E-state index contributed by atoms with van der Waals surface area (Å²) in [6.45, 7) is 3.25. The van der Waals surface area contributed by atoms with Crippen molar-refractivity contribution in [2.75, 3.05) is 0 Å². The minimum Gasteiger partial charge on any atom is -0.342 e. The Labute approximate surface area is 95.7 Å². The first-order valence-corrected chi connectivity index (χ1v) is 5.92. The van der Waals surface area contributed by atoms with E-state index in [0.717, 1.165) is 18.2 Å². The fraction of sp³-hybridized carbons (Fsp3) is 0.500. The van der Waals surface area contributed by atoms with Crippen LogP contribution in [0.1, 0.15) is 32.6 Å². The van der Waals surface area contributed by atoms with Gasteiger partial charge in [-0.1, -0.05) is 26.2 Å². The molecule has 0 saturated carbocycles. The topological polar surface area (TPSA) is 46.5 Å². The zero-order chi connectivity index (χ0) is 11.2. The highest BCUT2D eigenvalue weighted by Gasteiger charge is 2.06. The Kier molecular flexibility index (Phi) is 3.75. The standard InChI is InChI=1S/C12H18N4/c1-2-3-4-5-9-16-10-8-15-12(16)11-13-6-7-14-11/h6-8,10H,2-5,9H2,1H3,(H,13,14). The summed E-state index contributed by atoms with van der Waals surface area (Å²) in [5.41, 5.74) is 0. The number of nitrogens with zero attached hydrogens (tertiary/aromatic N) is 3. The van der Waals surface area contributed by atoms with Gasteiger partial charge in [0.15, 0.2) is 11.6 Å². The third-order valence-electron chi connectivity index (χ3n) is 2.68.